The summed E-state index contributed by atoms with van der Waals surface area (Å²) in [6, 6.07) is 12.7. The van der Waals surface area contributed by atoms with Crippen LogP contribution in [-0.4, -0.2) is 19.2 Å². The molecule has 0 fully saturated rings. The van der Waals surface area contributed by atoms with Crippen molar-refractivity contribution >= 4 is 11.3 Å². The maximum absolute atomic E-state index is 5.63. The van der Waals surface area contributed by atoms with E-state index in [9.17, 15) is 0 Å². The number of hydrogen-bond acceptors (Lipinski definition) is 3. The van der Waals surface area contributed by atoms with Crippen molar-refractivity contribution in [2.75, 3.05) is 19.0 Å². The van der Waals surface area contributed by atoms with Crippen molar-refractivity contribution in [1.29, 1.82) is 0 Å². The van der Waals surface area contributed by atoms with Gasteiger partial charge in [-0.2, -0.15) is 0 Å². The molecule has 2 aromatic carbocycles. The fraction of sp³-hybridized carbons (Fsp3) is 0.391. The van der Waals surface area contributed by atoms with E-state index in [0.717, 1.165) is 30.8 Å². The van der Waals surface area contributed by atoms with Gasteiger partial charge in [0.15, 0.2) is 0 Å². The Balaban J connectivity index is 2.18. The summed E-state index contributed by atoms with van der Waals surface area (Å²) in [5, 5.41) is 7.26. The predicted molar refractivity (Wildman–Crippen MR) is 112 cm³/mol. The van der Waals surface area contributed by atoms with Gasteiger partial charge in [-0.25, -0.2) is 0 Å². The monoisotopic (exact) mass is 350 g/mol. The number of rotatable bonds is 6. The van der Waals surface area contributed by atoms with Crippen LogP contribution in [-0.2, 0) is 6.54 Å². The number of anilines is 1. The lowest BCUT2D eigenvalue weighted by Crippen LogP contribution is -2.32. The summed E-state index contributed by atoms with van der Waals surface area (Å²) in [7, 11) is 1.74. The highest BCUT2D eigenvalue weighted by atomic mass is 16.5. The summed E-state index contributed by atoms with van der Waals surface area (Å²) in [5.74, 6) is 0.912. The molecule has 0 aromatic heterocycles. The van der Waals surface area contributed by atoms with Crippen LogP contribution in [0.3, 0.4) is 0 Å². The lowest BCUT2D eigenvalue weighted by Gasteiger charge is -2.33. The number of methoxy groups -OCH3 is 1. The number of ether oxygens (including phenoxy) is 1. The van der Waals surface area contributed by atoms with Gasteiger partial charge in [0.05, 0.1) is 12.6 Å². The molecule has 0 spiro atoms. The molecule has 0 saturated heterocycles. The smallest absolute Gasteiger partial charge is 0.126 e. The number of nitrogens with one attached hydrogen (secondary N) is 2. The molecule has 0 unspecified atom stereocenters. The van der Waals surface area contributed by atoms with Crippen molar-refractivity contribution in [2.45, 2.75) is 46.2 Å². The summed E-state index contributed by atoms with van der Waals surface area (Å²) in [6.07, 6.45) is 3.45. The van der Waals surface area contributed by atoms with E-state index < -0.39 is 0 Å². The quantitative estimate of drug-likeness (QED) is 0.678. The number of hydrogen-bond donors (Lipinski definition) is 2. The summed E-state index contributed by atoms with van der Waals surface area (Å²) < 4.78 is 5.63. The topological polar surface area (TPSA) is 33.3 Å². The van der Waals surface area contributed by atoms with E-state index >= 15 is 0 Å². The van der Waals surface area contributed by atoms with Crippen LogP contribution in [0.1, 0.15) is 45.2 Å². The van der Waals surface area contributed by atoms with Gasteiger partial charge in [0, 0.05) is 23.4 Å². The zero-order valence-corrected chi connectivity index (χ0v) is 16.6. The van der Waals surface area contributed by atoms with E-state index in [1.54, 1.807) is 7.11 Å². The third-order valence-corrected chi connectivity index (χ3v) is 4.87. The zero-order chi connectivity index (χ0) is 18.7. The first-order chi connectivity index (χ1) is 12.5. The van der Waals surface area contributed by atoms with Gasteiger partial charge < -0.3 is 15.4 Å². The van der Waals surface area contributed by atoms with Crippen LogP contribution < -0.4 is 15.4 Å². The van der Waals surface area contributed by atoms with Crippen molar-refractivity contribution < 1.29 is 4.74 Å². The van der Waals surface area contributed by atoms with E-state index in [1.165, 1.54) is 28.0 Å². The van der Waals surface area contributed by atoms with Gasteiger partial charge in [0.1, 0.15) is 5.75 Å². The van der Waals surface area contributed by atoms with Crippen LogP contribution >= 0.6 is 0 Å². The molecule has 3 nitrogen and oxygen atoms in total. The average molecular weight is 351 g/mol. The van der Waals surface area contributed by atoms with E-state index in [2.05, 4.69) is 68.7 Å². The Morgan fingerprint density at radius 3 is 2.58 bits per heavy atom. The van der Waals surface area contributed by atoms with Crippen LogP contribution in [0.25, 0.3) is 16.7 Å². The van der Waals surface area contributed by atoms with Crippen molar-refractivity contribution in [2.24, 2.45) is 0 Å². The third kappa shape index (κ3) is 3.63. The Hall–Kier alpha value is -2.26. The van der Waals surface area contributed by atoms with Crippen LogP contribution in [0.15, 0.2) is 42.5 Å². The second-order valence-electron chi connectivity index (χ2n) is 7.57. The molecule has 1 heterocycles. The zero-order valence-electron chi connectivity index (χ0n) is 16.6. The van der Waals surface area contributed by atoms with Gasteiger partial charge in [-0.1, -0.05) is 37.3 Å². The molecule has 1 aliphatic heterocycles. The molecule has 3 rings (SSSR count). The first-order valence-electron chi connectivity index (χ1n) is 9.45. The van der Waals surface area contributed by atoms with E-state index in [4.69, 9.17) is 4.74 Å². The van der Waals surface area contributed by atoms with Crippen molar-refractivity contribution in [3.8, 4) is 16.9 Å². The Morgan fingerprint density at radius 1 is 1.08 bits per heavy atom. The second-order valence-corrected chi connectivity index (χ2v) is 7.57. The maximum atomic E-state index is 5.63. The number of para-hydroxylation sites is 1. The van der Waals surface area contributed by atoms with E-state index in [0.29, 0.717) is 0 Å². The predicted octanol–water partition coefficient (Wildman–Crippen LogP) is 5.47. The Labute approximate surface area is 157 Å². The fourth-order valence-electron chi connectivity index (χ4n) is 3.89. The Bertz CT molecular complexity index is 821. The number of benzene rings is 2. The average Bonchev–Trinajstić information content (AvgIpc) is 2.60. The van der Waals surface area contributed by atoms with Crippen molar-refractivity contribution in [1.82, 2.24) is 5.32 Å². The molecule has 0 bridgehead atoms. The molecule has 2 N–H and O–H groups in total. The fourth-order valence-corrected chi connectivity index (χ4v) is 3.89. The molecular weight excluding hydrogens is 320 g/mol. The molecule has 3 heteroatoms. The van der Waals surface area contributed by atoms with Gasteiger partial charge in [-0.3, -0.25) is 0 Å². The molecule has 138 valence electrons. The summed E-state index contributed by atoms with van der Waals surface area (Å²) in [4.78, 5) is 0. The molecule has 1 aliphatic rings. The normalized spacial score (nSPS) is 15.0. The molecule has 2 aromatic rings. The van der Waals surface area contributed by atoms with Crippen LogP contribution in [0.5, 0.6) is 5.75 Å². The number of fused-ring (bicyclic) bond motifs is 1. The summed E-state index contributed by atoms with van der Waals surface area (Å²) >= 11 is 0. The van der Waals surface area contributed by atoms with Crippen LogP contribution in [0, 0.1) is 0 Å². The molecule has 0 atom stereocenters. The highest BCUT2D eigenvalue weighted by Gasteiger charge is 2.26. The molecule has 0 aliphatic carbocycles. The second kappa shape index (κ2) is 7.55. The highest BCUT2D eigenvalue weighted by Crippen LogP contribution is 2.42. The van der Waals surface area contributed by atoms with E-state index in [1.807, 2.05) is 12.1 Å². The lowest BCUT2D eigenvalue weighted by molar-refractivity contribution is 0.416. The first-order valence-corrected chi connectivity index (χ1v) is 9.45. The summed E-state index contributed by atoms with van der Waals surface area (Å²) in [5.41, 5.74) is 7.53. The largest absolute Gasteiger partial charge is 0.496 e. The third-order valence-electron chi connectivity index (χ3n) is 4.87. The Kier molecular flexibility index (Phi) is 5.38. The minimum absolute atomic E-state index is 0.0306. The lowest BCUT2D eigenvalue weighted by atomic mass is 9.85. The van der Waals surface area contributed by atoms with Crippen LogP contribution in [0.2, 0.25) is 0 Å². The number of allylic oxidation sites excluding steroid dienone is 1. The van der Waals surface area contributed by atoms with Crippen molar-refractivity contribution in [3.63, 3.8) is 0 Å². The first kappa shape index (κ1) is 18.5. The van der Waals surface area contributed by atoms with Gasteiger partial charge in [0.2, 0.25) is 0 Å². The molecule has 0 saturated carbocycles. The molecule has 0 radical (unpaired) electrons. The molecular formula is C23H30N2O. The minimum Gasteiger partial charge on any atom is -0.496 e. The standard InChI is InChI=1S/C23H30N2O/c1-6-13-24-15-19-17(18-9-7-8-10-21(18)26-5)11-12-20-22(19)16(2)14-23(3,4)25-20/h7-12,14,24-25H,6,13,15H2,1-5H3. The van der Waals surface area contributed by atoms with E-state index in [-0.39, 0.29) is 5.54 Å². The molecule has 0 amide bonds. The van der Waals surface area contributed by atoms with Crippen molar-refractivity contribution in [3.05, 3.63) is 53.6 Å². The van der Waals surface area contributed by atoms with Crippen LogP contribution in [0.4, 0.5) is 5.69 Å². The minimum atomic E-state index is -0.0306. The summed E-state index contributed by atoms with van der Waals surface area (Å²) in [6.45, 7) is 10.7. The Morgan fingerprint density at radius 2 is 1.85 bits per heavy atom. The highest BCUT2D eigenvalue weighted by molar-refractivity contribution is 5.88. The van der Waals surface area contributed by atoms with Gasteiger partial charge in [-0.15, -0.1) is 0 Å². The SMILES string of the molecule is CCCNCc1c(-c2ccccc2OC)ccc2c1C(C)=CC(C)(C)N2. The molecule has 26 heavy (non-hydrogen) atoms. The van der Waals surface area contributed by atoms with Gasteiger partial charge in [-0.05, 0) is 62.6 Å². The maximum Gasteiger partial charge on any atom is 0.126 e. The van der Waals surface area contributed by atoms with Gasteiger partial charge in [0.25, 0.3) is 0 Å². The van der Waals surface area contributed by atoms with Gasteiger partial charge >= 0.3 is 0 Å².